The first kappa shape index (κ1) is 15.0. The maximum atomic E-state index is 12.1. The van der Waals surface area contributed by atoms with Gasteiger partial charge in [0, 0.05) is 11.2 Å². The summed E-state index contributed by atoms with van der Waals surface area (Å²) in [5.41, 5.74) is 3.14. The van der Waals surface area contributed by atoms with E-state index in [9.17, 15) is 4.79 Å². The van der Waals surface area contributed by atoms with Crippen molar-refractivity contribution in [2.24, 2.45) is 0 Å². The highest BCUT2D eigenvalue weighted by atomic mass is 16.1. The molecule has 0 saturated heterocycles. The van der Waals surface area contributed by atoms with E-state index in [-0.39, 0.29) is 11.4 Å². The number of pyridine rings is 1. The number of anilines is 2. The monoisotopic (exact) mass is 283 g/mol. The van der Waals surface area contributed by atoms with E-state index in [4.69, 9.17) is 0 Å². The van der Waals surface area contributed by atoms with Gasteiger partial charge in [0.15, 0.2) is 0 Å². The summed E-state index contributed by atoms with van der Waals surface area (Å²) >= 11 is 0. The van der Waals surface area contributed by atoms with Crippen molar-refractivity contribution in [3.8, 4) is 0 Å². The quantitative estimate of drug-likeness (QED) is 0.899. The number of aryl methyl sites for hydroxylation is 1. The second-order valence-corrected chi connectivity index (χ2v) is 6.13. The topological polar surface area (TPSA) is 54.0 Å². The Labute approximate surface area is 125 Å². The Kier molecular flexibility index (Phi) is 4.26. The zero-order chi connectivity index (χ0) is 15.5. The van der Waals surface area contributed by atoms with Gasteiger partial charge in [-0.3, -0.25) is 4.79 Å². The molecule has 1 amide bonds. The van der Waals surface area contributed by atoms with Crippen molar-refractivity contribution in [2.45, 2.75) is 33.2 Å². The van der Waals surface area contributed by atoms with Crippen LogP contribution in [0, 0.1) is 6.92 Å². The van der Waals surface area contributed by atoms with Gasteiger partial charge in [-0.1, -0.05) is 12.1 Å². The van der Waals surface area contributed by atoms with Crippen LogP contribution >= 0.6 is 0 Å². The Bertz CT molecular complexity index is 627. The number of hydrogen-bond acceptors (Lipinski definition) is 3. The van der Waals surface area contributed by atoms with Crippen LogP contribution in [-0.4, -0.2) is 16.4 Å². The lowest BCUT2D eigenvalue weighted by Crippen LogP contribution is -2.26. The average molecular weight is 283 g/mol. The lowest BCUT2D eigenvalue weighted by atomic mass is 10.1. The molecule has 0 unspecified atom stereocenters. The molecule has 0 aliphatic heterocycles. The molecule has 1 aromatic heterocycles. The summed E-state index contributed by atoms with van der Waals surface area (Å²) in [4.78, 5) is 16.3. The molecule has 0 spiro atoms. The van der Waals surface area contributed by atoms with Gasteiger partial charge < -0.3 is 10.6 Å². The summed E-state index contributed by atoms with van der Waals surface area (Å²) in [6.45, 7) is 8.21. The summed E-state index contributed by atoms with van der Waals surface area (Å²) in [5, 5.41) is 6.16. The Morgan fingerprint density at radius 3 is 2.43 bits per heavy atom. The Morgan fingerprint density at radius 2 is 1.86 bits per heavy atom. The van der Waals surface area contributed by atoms with Gasteiger partial charge in [-0.2, -0.15) is 0 Å². The Hall–Kier alpha value is -2.36. The van der Waals surface area contributed by atoms with Gasteiger partial charge in [0.2, 0.25) is 0 Å². The second-order valence-electron chi connectivity index (χ2n) is 6.13. The molecule has 0 saturated carbocycles. The number of nitrogens with zero attached hydrogens (tertiary/aromatic N) is 1. The van der Waals surface area contributed by atoms with Crippen LogP contribution in [0.5, 0.6) is 0 Å². The predicted octanol–water partition coefficient (Wildman–Crippen LogP) is 3.85. The third kappa shape index (κ3) is 4.60. The summed E-state index contributed by atoms with van der Waals surface area (Å²) in [6, 6.07) is 11.3. The van der Waals surface area contributed by atoms with Gasteiger partial charge in [0.05, 0.1) is 11.9 Å². The van der Waals surface area contributed by atoms with E-state index in [2.05, 4.69) is 36.4 Å². The standard InChI is InChI=1S/C17H21N3O/c1-12-6-5-7-13(10-12)19-16(21)15-9-8-14(11-18-15)20-17(2,3)4/h5-11,20H,1-4H3,(H,19,21). The highest BCUT2D eigenvalue weighted by Gasteiger charge is 2.11. The lowest BCUT2D eigenvalue weighted by Gasteiger charge is -2.21. The van der Waals surface area contributed by atoms with Crippen molar-refractivity contribution in [1.29, 1.82) is 0 Å². The molecule has 4 nitrogen and oxygen atoms in total. The Balaban J connectivity index is 2.06. The molecule has 0 aliphatic carbocycles. The maximum absolute atomic E-state index is 12.1. The first-order valence-electron chi connectivity index (χ1n) is 6.96. The summed E-state index contributed by atoms with van der Waals surface area (Å²) in [7, 11) is 0. The van der Waals surface area contributed by atoms with Gasteiger partial charge in [-0.25, -0.2) is 4.98 Å². The number of benzene rings is 1. The predicted molar refractivity (Wildman–Crippen MR) is 86.7 cm³/mol. The van der Waals surface area contributed by atoms with Gasteiger partial charge in [-0.05, 0) is 57.5 Å². The molecule has 1 heterocycles. The third-order valence-corrected chi connectivity index (χ3v) is 2.79. The van der Waals surface area contributed by atoms with Crippen molar-refractivity contribution in [3.63, 3.8) is 0 Å². The number of aromatic nitrogens is 1. The van der Waals surface area contributed by atoms with Crippen LogP contribution < -0.4 is 10.6 Å². The van der Waals surface area contributed by atoms with Crippen LogP contribution in [0.4, 0.5) is 11.4 Å². The number of rotatable bonds is 3. The average Bonchev–Trinajstić information content (AvgIpc) is 2.37. The number of carbonyl (C=O) groups is 1. The molecule has 0 fully saturated rings. The van der Waals surface area contributed by atoms with E-state index in [1.54, 1.807) is 12.3 Å². The minimum Gasteiger partial charge on any atom is -0.379 e. The second kappa shape index (κ2) is 5.95. The fraction of sp³-hybridized carbons (Fsp3) is 0.294. The zero-order valence-corrected chi connectivity index (χ0v) is 12.9. The van der Waals surface area contributed by atoms with Gasteiger partial charge in [0.25, 0.3) is 5.91 Å². The fourth-order valence-corrected chi connectivity index (χ4v) is 1.95. The summed E-state index contributed by atoms with van der Waals surface area (Å²) in [6.07, 6.45) is 1.68. The van der Waals surface area contributed by atoms with E-state index in [1.165, 1.54) is 0 Å². The van der Waals surface area contributed by atoms with Crippen LogP contribution in [-0.2, 0) is 0 Å². The van der Waals surface area contributed by atoms with Gasteiger partial charge >= 0.3 is 0 Å². The molecule has 2 rings (SSSR count). The molecule has 0 aliphatic rings. The van der Waals surface area contributed by atoms with Gasteiger partial charge in [0.1, 0.15) is 5.69 Å². The van der Waals surface area contributed by atoms with Crippen molar-refractivity contribution in [1.82, 2.24) is 4.98 Å². The Morgan fingerprint density at radius 1 is 1.10 bits per heavy atom. The molecular formula is C17H21N3O. The molecule has 2 N–H and O–H groups in total. The summed E-state index contributed by atoms with van der Waals surface area (Å²) in [5.74, 6) is -0.206. The minimum absolute atomic E-state index is 0.0347. The van der Waals surface area contributed by atoms with Crippen molar-refractivity contribution >= 4 is 17.3 Å². The maximum Gasteiger partial charge on any atom is 0.274 e. The summed E-state index contributed by atoms with van der Waals surface area (Å²) < 4.78 is 0. The highest BCUT2D eigenvalue weighted by molar-refractivity contribution is 6.02. The van der Waals surface area contributed by atoms with Crippen molar-refractivity contribution < 1.29 is 4.79 Å². The molecule has 110 valence electrons. The first-order chi connectivity index (χ1) is 9.83. The molecule has 4 heteroatoms. The van der Waals surface area contributed by atoms with E-state index in [0.717, 1.165) is 16.9 Å². The van der Waals surface area contributed by atoms with Crippen LogP contribution in [0.2, 0.25) is 0 Å². The SMILES string of the molecule is Cc1cccc(NC(=O)c2ccc(NC(C)(C)C)cn2)c1. The van der Waals surface area contributed by atoms with E-state index in [1.807, 2.05) is 37.3 Å². The van der Waals surface area contributed by atoms with Crippen LogP contribution in [0.3, 0.4) is 0 Å². The number of nitrogens with one attached hydrogen (secondary N) is 2. The fourth-order valence-electron chi connectivity index (χ4n) is 1.95. The minimum atomic E-state index is -0.206. The van der Waals surface area contributed by atoms with Crippen LogP contribution in [0.25, 0.3) is 0 Å². The van der Waals surface area contributed by atoms with Gasteiger partial charge in [-0.15, -0.1) is 0 Å². The smallest absolute Gasteiger partial charge is 0.274 e. The molecule has 0 atom stereocenters. The molecular weight excluding hydrogens is 262 g/mol. The van der Waals surface area contributed by atoms with E-state index in [0.29, 0.717) is 5.69 Å². The molecule has 21 heavy (non-hydrogen) atoms. The molecule has 1 aromatic carbocycles. The number of hydrogen-bond donors (Lipinski definition) is 2. The molecule has 0 bridgehead atoms. The zero-order valence-electron chi connectivity index (χ0n) is 12.9. The van der Waals surface area contributed by atoms with Crippen molar-refractivity contribution in [3.05, 3.63) is 53.9 Å². The lowest BCUT2D eigenvalue weighted by molar-refractivity contribution is 0.102. The molecule has 0 radical (unpaired) electrons. The number of carbonyl (C=O) groups excluding carboxylic acids is 1. The third-order valence-electron chi connectivity index (χ3n) is 2.79. The largest absolute Gasteiger partial charge is 0.379 e. The normalized spacial score (nSPS) is 11.0. The van der Waals surface area contributed by atoms with Crippen molar-refractivity contribution in [2.75, 3.05) is 10.6 Å². The van der Waals surface area contributed by atoms with Crippen LogP contribution in [0.1, 0.15) is 36.8 Å². The molecule has 2 aromatic rings. The van der Waals surface area contributed by atoms with Crippen LogP contribution in [0.15, 0.2) is 42.6 Å². The van der Waals surface area contributed by atoms with E-state index < -0.39 is 0 Å². The first-order valence-corrected chi connectivity index (χ1v) is 6.96. The van der Waals surface area contributed by atoms with E-state index >= 15 is 0 Å². The number of amides is 1. The highest BCUT2D eigenvalue weighted by Crippen LogP contribution is 2.15.